The standard InChI is InChI=1S/C13H14N4O3S/c1-9-13(10(2)20-16-9)21(18,19)17-12-8-11(4-3-6-14)5-7-15-12/h5,7-8H,6,14H2,1-2H3,(H,15,17). The molecule has 0 aromatic carbocycles. The molecule has 0 aliphatic carbocycles. The summed E-state index contributed by atoms with van der Waals surface area (Å²) in [6.45, 7) is 3.31. The van der Waals surface area contributed by atoms with Crippen LogP contribution in [0.5, 0.6) is 0 Å². The molecule has 0 atom stereocenters. The second-order valence-electron chi connectivity index (χ2n) is 4.19. The van der Waals surface area contributed by atoms with E-state index in [1.54, 1.807) is 13.0 Å². The van der Waals surface area contributed by atoms with Crippen LogP contribution in [0.3, 0.4) is 0 Å². The van der Waals surface area contributed by atoms with Gasteiger partial charge in [0, 0.05) is 11.8 Å². The third kappa shape index (κ3) is 3.39. The number of nitrogens with zero attached hydrogens (tertiary/aromatic N) is 2. The summed E-state index contributed by atoms with van der Waals surface area (Å²) in [6, 6.07) is 3.19. The van der Waals surface area contributed by atoms with Crippen molar-refractivity contribution in [1.29, 1.82) is 0 Å². The molecule has 0 spiro atoms. The van der Waals surface area contributed by atoms with Gasteiger partial charge in [0.1, 0.15) is 11.5 Å². The largest absolute Gasteiger partial charge is 0.360 e. The molecule has 8 heteroatoms. The minimum Gasteiger partial charge on any atom is -0.360 e. The molecule has 2 heterocycles. The van der Waals surface area contributed by atoms with Crippen LogP contribution in [0.2, 0.25) is 0 Å². The highest BCUT2D eigenvalue weighted by Gasteiger charge is 2.24. The number of nitrogens with two attached hydrogens (primary N) is 1. The van der Waals surface area contributed by atoms with Crippen molar-refractivity contribution in [2.45, 2.75) is 18.7 Å². The quantitative estimate of drug-likeness (QED) is 0.811. The molecule has 2 aromatic rings. The minimum absolute atomic E-state index is 0.0164. The van der Waals surface area contributed by atoms with Crippen LogP contribution >= 0.6 is 0 Å². The topological polar surface area (TPSA) is 111 Å². The van der Waals surface area contributed by atoms with Gasteiger partial charge in [-0.1, -0.05) is 17.0 Å². The predicted molar refractivity (Wildman–Crippen MR) is 77.0 cm³/mol. The maximum atomic E-state index is 12.3. The fourth-order valence-corrected chi connectivity index (χ4v) is 3.10. The van der Waals surface area contributed by atoms with Gasteiger partial charge in [0.25, 0.3) is 10.0 Å². The van der Waals surface area contributed by atoms with Crippen molar-refractivity contribution < 1.29 is 12.9 Å². The second kappa shape index (κ2) is 5.95. The molecule has 7 nitrogen and oxygen atoms in total. The molecule has 0 bridgehead atoms. The lowest BCUT2D eigenvalue weighted by atomic mass is 10.2. The van der Waals surface area contributed by atoms with Crippen LogP contribution in [-0.2, 0) is 10.0 Å². The molecule has 0 fully saturated rings. The molecule has 0 aliphatic heterocycles. The van der Waals surface area contributed by atoms with Gasteiger partial charge in [0.2, 0.25) is 0 Å². The van der Waals surface area contributed by atoms with Gasteiger partial charge in [-0.3, -0.25) is 4.72 Å². The number of hydrogen-bond donors (Lipinski definition) is 2. The lowest BCUT2D eigenvalue weighted by Crippen LogP contribution is -2.15. The van der Waals surface area contributed by atoms with Crippen LogP contribution in [-0.4, -0.2) is 25.1 Å². The molecule has 110 valence electrons. The van der Waals surface area contributed by atoms with Gasteiger partial charge < -0.3 is 10.3 Å². The molecule has 2 rings (SSSR count). The van der Waals surface area contributed by atoms with Crippen LogP contribution in [0.25, 0.3) is 0 Å². The molecule has 21 heavy (non-hydrogen) atoms. The summed E-state index contributed by atoms with van der Waals surface area (Å²) < 4.78 is 31.9. The van der Waals surface area contributed by atoms with Crippen molar-refractivity contribution in [2.75, 3.05) is 11.3 Å². The van der Waals surface area contributed by atoms with Gasteiger partial charge >= 0.3 is 0 Å². The first-order valence-corrected chi connectivity index (χ1v) is 7.53. The first-order valence-electron chi connectivity index (χ1n) is 6.04. The van der Waals surface area contributed by atoms with Gasteiger partial charge in [-0.05, 0) is 26.0 Å². The van der Waals surface area contributed by atoms with Gasteiger partial charge in [-0.2, -0.15) is 0 Å². The molecule has 0 saturated heterocycles. The number of pyridine rings is 1. The SMILES string of the molecule is Cc1noc(C)c1S(=O)(=O)Nc1cc(C#CCN)ccn1. The Bertz CT molecular complexity index is 796. The van der Waals surface area contributed by atoms with Gasteiger partial charge in [-0.15, -0.1) is 0 Å². The molecule has 0 amide bonds. The number of sulfonamides is 1. The summed E-state index contributed by atoms with van der Waals surface area (Å²) in [5.74, 6) is 5.88. The lowest BCUT2D eigenvalue weighted by Gasteiger charge is -2.06. The Morgan fingerprint density at radius 3 is 2.81 bits per heavy atom. The summed E-state index contributed by atoms with van der Waals surface area (Å²) >= 11 is 0. The molecule has 0 radical (unpaired) electrons. The second-order valence-corrected chi connectivity index (χ2v) is 5.81. The maximum Gasteiger partial charge on any atom is 0.268 e. The third-order valence-electron chi connectivity index (χ3n) is 2.57. The zero-order valence-corrected chi connectivity index (χ0v) is 12.4. The van der Waals surface area contributed by atoms with Crippen molar-refractivity contribution in [3.63, 3.8) is 0 Å². The van der Waals surface area contributed by atoms with E-state index in [0.717, 1.165) is 0 Å². The van der Waals surface area contributed by atoms with E-state index in [9.17, 15) is 8.42 Å². The van der Waals surface area contributed by atoms with Crippen molar-refractivity contribution in [3.8, 4) is 11.8 Å². The van der Waals surface area contributed by atoms with Crippen LogP contribution in [0.15, 0.2) is 27.7 Å². The number of aromatic nitrogens is 2. The van der Waals surface area contributed by atoms with E-state index in [1.165, 1.54) is 19.2 Å². The molecule has 3 N–H and O–H groups in total. The highest BCUT2D eigenvalue weighted by Crippen LogP contribution is 2.21. The van der Waals surface area contributed by atoms with Crippen molar-refractivity contribution in [1.82, 2.24) is 10.1 Å². The van der Waals surface area contributed by atoms with Crippen molar-refractivity contribution in [2.24, 2.45) is 5.73 Å². The zero-order valence-electron chi connectivity index (χ0n) is 11.5. The molecule has 0 aliphatic rings. The summed E-state index contributed by atoms with van der Waals surface area (Å²) in [4.78, 5) is 3.98. The van der Waals surface area contributed by atoms with E-state index in [2.05, 4.69) is 26.7 Å². The minimum atomic E-state index is -3.81. The summed E-state index contributed by atoms with van der Waals surface area (Å²) in [5, 5.41) is 3.63. The van der Waals surface area contributed by atoms with Gasteiger partial charge in [0.05, 0.1) is 6.54 Å². The Kier molecular flexibility index (Phi) is 4.26. The Hall–Kier alpha value is -2.37. The highest BCUT2D eigenvalue weighted by atomic mass is 32.2. The van der Waals surface area contributed by atoms with Crippen LogP contribution in [0.1, 0.15) is 17.0 Å². The van der Waals surface area contributed by atoms with Crippen molar-refractivity contribution >= 4 is 15.8 Å². The lowest BCUT2D eigenvalue weighted by molar-refractivity contribution is 0.390. The molecule has 0 saturated carbocycles. The van der Waals surface area contributed by atoms with Crippen LogP contribution in [0.4, 0.5) is 5.82 Å². The van der Waals surface area contributed by atoms with E-state index in [1.807, 2.05) is 0 Å². The number of anilines is 1. The summed E-state index contributed by atoms with van der Waals surface area (Å²) in [7, 11) is -3.81. The third-order valence-corrected chi connectivity index (χ3v) is 4.17. The molecule has 2 aromatic heterocycles. The highest BCUT2D eigenvalue weighted by molar-refractivity contribution is 7.92. The van der Waals surface area contributed by atoms with E-state index >= 15 is 0 Å². The normalized spacial score (nSPS) is 10.8. The van der Waals surface area contributed by atoms with Gasteiger partial charge in [-0.25, -0.2) is 13.4 Å². The number of aryl methyl sites for hydroxylation is 2. The Morgan fingerprint density at radius 2 is 2.19 bits per heavy atom. The first kappa shape index (κ1) is 15.0. The average Bonchev–Trinajstić information content (AvgIpc) is 2.76. The Morgan fingerprint density at radius 1 is 1.43 bits per heavy atom. The van der Waals surface area contributed by atoms with Crippen molar-refractivity contribution in [3.05, 3.63) is 35.3 Å². The number of rotatable bonds is 3. The van der Waals surface area contributed by atoms with Gasteiger partial charge in [0.15, 0.2) is 10.7 Å². The monoisotopic (exact) mass is 306 g/mol. The summed E-state index contributed by atoms with van der Waals surface area (Å²) in [5.41, 5.74) is 6.20. The van der Waals surface area contributed by atoms with E-state index in [4.69, 9.17) is 10.3 Å². The first-order chi connectivity index (χ1) is 9.94. The fraction of sp³-hybridized carbons (Fsp3) is 0.231. The Balaban J connectivity index is 2.33. The Labute approximate surface area is 122 Å². The van der Waals surface area contributed by atoms with E-state index in [0.29, 0.717) is 11.3 Å². The maximum absolute atomic E-state index is 12.3. The summed E-state index contributed by atoms with van der Waals surface area (Å²) in [6.07, 6.45) is 1.46. The van der Waals surface area contributed by atoms with E-state index in [-0.39, 0.29) is 23.0 Å². The zero-order chi connectivity index (χ0) is 15.5. The predicted octanol–water partition coefficient (Wildman–Crippen LogP) is 0.797. The molecular formula is C13H14N4O3S. The van der Waals surface area contributed by atoms with Crippen LogP contribution < -0.4 is 10.5 Å². The molecule has 0 unspecified atom stereocenters. The average molecular weight is 306 g/mol. The number of hydrogen-bond acceptors (Lipinski definition) is 6. The van der Waals surface area contributed by atoms with E-state index < -0.39 is 10.0 Å². The van der Waals surface area contributed by atoms with Crippen LogP contribution in [0, 0.1) is 25.7 Å². The molecular weight excluding hydrogens is 292 g/mol. The fourth-order valence-electron chi connectivity index (χ4n) is 1.76. The smallest absolute Gasteiger partial charge is 0.268 e. The number of nitrogens with one attached hydrogen (secondary N) is 1.